The zero-order valence-corrected chi connectivity index (χ0v) is 19.5. The van der Waals surface area contributed by atoms with Crippen molar-refractivity contribution in [1.29, 1.82) is 5.26 Å². The van der Waals surface area contributed by atoms with Crippen molar-refractivity contribution in [1.82, 2.24) is 10.6 Å². The molecule has 2 N–H and O–H groups in total. The van der Waals surface area contributed by atoms with Gasteiger partial charge in [0, 0.05) is 6.54 Å². The molecule has 7 nitrogen and oxygen atoms in total. The van der Waals surface area contributed by atoms with Gasteiger partial charge >= 0.3 is 5.97 Å². The van der Waals surface area contributed by atoms with Crippen LogP contribution in [0.2, 0.25) is 0 Å². The van der Waals surface area contributed by atoms with Gasteiger partial charge in [-0.25, -0.2) is 4.79 Å². The highest BCUT2D eigenvalue weighted by Crippen LogP contribution is 2.27. The minimum Gasteiger partial charge on any atom is -0.467 e. The van der Waals surface area contributed by atoms with Crippen molar-refractivity contribution >= 4 is 17.8 Å². The van der Waals surface area contributed by atoms with E-state index in [1.54, 1.807) is 24.3 Å². The number of benzene rings is 2. The second-order valence-corrected chi connectivity index (χ2v) is 8.68. The van der Waals surface area contributed by atoms with Crippen LogP contribution >= 0.6 is 0 Å². The number of nitrogens with zero attached hydrogens (tertiary/aromatic N) is 1. The largest absolute Gasteiger partial charge is 0.467 e. The van der Waals surface area contributed by atoms with E-state index in [1.807, 2.05) is 30.3 Å². The Bertz CT molecular complexity index is 1010. The Morgan fingerprint density at radius 3 is 2.26 bits per heavy atom. The molecule has 7 heteroatoms. The predicted octanol–water partition coefficient (Wildman–Crippen LogP) is 3.27. The van der Waals surface area contributed by atoms with E-state index in [2.05, 4.69) is 16.7 Å². The normalized spacial score (nSPS) is 15.4. The zero-order valence-electron chi connectivity index (χ0n) is 19.5. The third-order valence-electron chi connectivity index (χ3n) is 6.34. The third-order valence-corrected chi connectivity index (χ3v) is 6.34. The summed E-state index contributed by atoms with van der Waals surface area (Å²) in [5.41, 5.74) is 2.17. The average Bonchev–Trinajstić information content (AvgIpc) is 2.89. The van der Waals surface area contributed by atoms with E-state index in [0.717, 1.165) is 43.2 Å². The molecule has 0 unspecified atom stereocenters. The quantitative estimate of drug-likeness (QED) is 0.440. The van der Waals surface area contributed by atoms with Crippen molar-refractivity contribution in [2.75, 3.05) is 7.11 Å². The van der Waals surface area contributed by atoms with Crippen LogP contribution in [0, 0.1) is 23.2 Å². The van der Waals surface area contributed by atoms with Gasteiger partial charge in [0.1, 0.15) is 12.0 Å². The minimum absolute atomic E-state index is 0.00640. The van der Waals surface area contributed by atoms with Gasteiger partial charge in [0.05, 0.1) is 18.7 Å². The molecule has 0 aromatic heterocycles. The molecule has 0 radical (unpaired) electrons. The topological polar surface area (TPSA) is 108 Å². The number of nitriles is 1. The van der Waals surface area contributed by atoms with Crippen LogP contribution in [0.25, 0.3) is 0 Å². The second kappa shape index (κ2) is 12.5. The molecule has 2 aromatic carbocycles. The molecule has 1 saturated carbocycles. The first-order valence-electron chi connectivity index (χ1n) is 11.7. The maximum Gasteiger partial charge on any atom is 0.328 e. The van der Waals surface area contributed by atoms with Gasteiger partial charge < -0.3 is 15.4 Å². The highest BCUT2D eigenvalue weighted by atomic mass is 16.5. The standard InChI is InChI=1S/C27H31N3O4/c1-34-27(33)24(22-10-6-3-7-11-22)30-26(32)23(16-19-12-14-20(17-28)15-13-19)25(31)29-18-21-8-4-2-5-9-21/h2,4-5,8-9,12-15,22-24H,3,6-7,10-11,16,18H2,1H3,(H,29,31)(H,30,32)/t23-,24+/m1/s1. The van der Waals surface area contributed by atoms with Crippen molar-refractivity contribution < 1.29 is 19.1 Å². The molecule has 0 bridgehead atoms. The van der Waals surface area contributed by atoms with E-state index in [0.29, 0.717) is 12.1 Å². The summed E-state index contributed by atoms with van der Waals surface area (Å²) in [4.78, 5) is 39.0. The molecule has 178 valence electrons. The maximum atomic E-state index is 13.4. The van der Waals surface area contributed by atoms with Gasteiger partial charge in [-0.15, -0.1) is 0 Å². The average molecular weight is 462 g/mol. The van der Waals surface area contributed by atoms with Crippen molar-refractivity contribution in [2.45, 2.75) is 51.1 Å². The molecule has 2 aromatic rings. The van der Waals surface area contributed by atoms with Gasteiger partial charge in [-0.1, -0.05) is 61.7 Å². The number of ether oxygens (including phenoxy) is 1. The smallest absolute Gasteiger partial charge is 0.328 e. The molecule has 3 rings (SSSR count). The second-order valence-electron chi connectivity index (χ2n) is 8.68. The zero-order chi connectivity index (χ0) is 24.3. The van der Waals surface area contributed by atoms with E-state index in [9.17, 15) is 14.4 Å². The molecule has 1 aliphatic rings. The molecule has 0 spiro atoms. The van der Waals surface area contributed by atoms with E-state index in [-0.39, 0.29) is 12.3 Å². The molecular formula is C27H31N3O4. The summed E-state index contributed by atoms with van der Waals surface area (Å²) in [5.74, 6) is -2.45. The third kappa shape index (κ3) is 6.92. The first kappa shape index (κ1) is 25.0. The monoisotopic (exact) mass is 461 g/mol. The number of esters is 1. The van der Waals surface area contributed by atoms with Gasteiger partial charge in [0.25, 0.3) is 0 Å². The predicted molar refractivity (Wildman–Crippen MR) is 127 cm³/mol. The Morgan fingerprint density at radius 2 is 1.65 bits per heavy atom. The summed E-state index contributed by atoms with van der Waals surface area (Å²) in [7, 11) is 1.31. The summed E-state index contributed by atoms with van der Waals surface area (Å²) in [6.45, 7) is 0.292. The minimum atomic E-state index is -1.03. The number of carbonyl (C=O) groups is 3. The maximum absolute atomic E-state index is 13.4. The van der Waals surface area contributed by atoms with Gasteiger partial charge in [0.2, 0.25) is 11.8 Å². The molecule has 1 fully saturated rings. The van der Waals surface area contributed by atoms with Crippen LogP contribution in [0.4, 0.5) is 0 Å². The molecule has 0 heterocycles. The van der Waals surface area contributed by atoms with Crippen molar-refractivity contribution in [3.8, 4) is 6.07 Å². The van der Waals surface area contributed by atoms with Crippen molar-refractivity contribution in [2.24, 2.45) is 11.8 Å². The summed E-state index contributed by atoms with van der Waals surface area (Å²) in [6.07, 6.45) is 4.93. The lowest BCUT2D eigenvalue weighted by atomic mass is 9.83. The SMILES string of the molecule is COC(=O)[C@@H](NC(=O)[C@H](Cc1ccc(C#N)cc1)C(=O)NCc1ccccc1)C1CCCCC1. The highest BCUT2D eigenvalue weighted by Gasteiger charge is 2.35. The van der Waals surface area contributed by atoms with E-state index in [1.165, 1.54) is 7.11 Å². The summed E-state index contributed by atoms with van der Waals surface area (Å²) in [6, 6.07) is 17.5. The van der Waals surface area contributed by atoms with Gasteiger partial charge in [0.15, 0.2) is 0 Å². The molecule has 1 aliphatic carbocycles. The van der Waals surface area contributed by atoms with E-state index >= 15 is 0 Å². The van der Waals surface area contributed by atoms with Gasteiger partial charge in [-0.2, -0.15) is 5.26 Å². The lowest BCUT2D eigenvalue weighted by molar-refractivity contribution is -0.148. The first-order valence-corrected chi connectivity index (χ1v) is 11.7. The van der Waals surface area contributed by atoms with Crippen LogP contribution in [-0.2, 0) is 32.1 Å². The summed E-state index contributed by atoms with van der Waals surface area (Å²) in [5, 5.41) is 14.7. The number of hydrogen-bond donors (Lipinski definition) is 2. The van der Waals surface area contributed by atoms with Crippen molar-refractivity contribution in [3.63, 3.8) is 0 Å². The van der Waals surface area contributed by atoms with Crippen LogP contribution in [-0.4, -0.2) is 30.9 Å². The molecule has 0 saturated heterocycles. The van der Waals surface area contributed by atoms with Crippen LogP contribution in [0.3, 0.4) is 0 Å². The Balaban J connectivity index is 1.77. The van der Waals surface area contributed by atoms with Crippen LogP contribution in [0.15, 0.2) is 54.6 Å². The summed E-state index contributed by atoms with van der Waals surface area (Å²) < 4.78 is 4.97. The fourth-order valence-corrected chi connectivity index (χ4v) is 4.38. The Morgan fingerprint density at radius 1 is 0.971 bits per heavy atom. The molecule has 34 heavy (non-hydrogen) atoms. The fraction of sp³-hybridized carbons (Fsp3) is 0.407. The number of carbonyl (C=O) groups excluding carboxylic acids is 3. The lowest BCUT2D eigenvalue weighted by Gasteiger charge is -2.30. The number of rotatable bonds is 9. The number of nitrogens with one attached hydrogen (secondary N) is 2. The number of amides is 2. The van der Waals surface area contributed by atoms with Gasteiger partial charge in [-0.05, 0) is 48.4 Å². The van der Waals surface area contributed by atoms with Crippen LogP contribution in [0.1, 0.15) is 48.8 Å². The number of hydrogen-bond acceptors (Lipinski definition) is 5. The Kier molecular flexibility index (Phi) is 9.21. The van der Waals surface area contributed by atoms with Crippen molar-refractivity contribution in [3.05, 3.63) is 71.3 Å². The van der Waals surface area contributed by atoms with Crippen LogP contribution in [0.5, 0.6) is 0 Å². The van der Waals surface area contributed by atoms with Crippen LogP contribution < -0.4 is 10.6 Å². The van der Waals surface area contributed by atoms with Gasteiger partial charge in [-0.3, -0.25) is 9.59 Å². The first-order chi connectivity index (χ1) is 16.5. The Labute approximate surface area is 200 Å². The molecule has 2 atom stereocenters. The summed E-state index contributed by atoms with van der Waals surface area (Å²) >= 11 is 0. The lowest BCUT2D eigenvalue weighted by Crippen LogP contribution is -2.51. The highest BCUT2D eigenvalue weighted by molar-refractivity contribution is 6.01. The molecular weight excluding hydrogens is 430 g/mol. The Hall–Kier alpha value is -3.66. The van der Waals surface area contributed by atoms with E-state index in [4.69, 9.17) is 10.00 Å². The van der Waals surface area contributed by atoms with E-state index < -0.39 is 29.7 Å². The number of methoxy groups -OCH3 is 1. The fourth-order valence-electron chi connectivity index (χ4n) is 4.38. The molecule has 2 amide bonds. The molecule has 0 aliphatic heterocycles.